The normalized spacial score (nSPS) is 11.4. The van der Waals surface area contributed by atoms with Gasteiger partial charge in [-0.2, -0.15) is 0 Å². The zero-order valence-electron chi connectivity index (χ0n) is 19.1. The van der Waals surface area contributed by atoms with Crippen molar-refractivity contribution in [2.75, 3.05) is 11.9 Å². The van der Waals surface area contributed by atoms with E-state index in [1.165, 1.54) is 11.3 Å². The SMILES string of the molecule is O=C(Cc1cccs1)N[C@@H](COCc1ccccc1)C(=O)Nc1ccc(Oc2ccccc2)cc1. The maximum absolute atomic E-state index is 13.0. The highest BCUT2D eigenvalue weighted by Crippen LogP contribution is 2.22. The van der Waals surface area contributed by atoms with Gasteiger partial charge in [0.2, 0.25) is 11.8 Å². The lowest BCUT2D eigenvalue weighted by atomic mass is 10.2. The van der Waals surface area contributed by atoms with E-state index in [-0.39, 0.29) is 24.8 Å². The minimum Gasteiger partial charge on any atom is -0.457 e. The van der Waals surface area contributed by atoms with Crippen molar-refractivity contribution in [3.05, 3.63) is 113 Å². The molecule has 0 saturated carbocycles. The average molecular weight is 487 g/mol. The molecule has 1 atom stereocenters. The molecule has 1 aromatic heterocycles. The second-order valence-electron chi connectivity index (χ2n) is 7.81. The molecule has 4 aromatic rings. The fourth-order valence-corrected chi connectivity index (χ4v) is 4.03. The highest BCUT2D eigenvalue weighted by molar-refractivity contribution is 7.10. The fourth-order valence-electron chi connectivity index (χ4n) is 3.33. The van der Waals surface area contributed by atoms with Gasteiger partial charge in [-0.3, -0.25) is 9.59 Å². The molecule has 1 heterocycles. The summed E-state index contributed by atoms with van der Waals surface area (Å²) in [4.78, 5) is 26.5. The van der Waals surface area contributed by atoms with Gasteiger partial charge in [-0.05, 0) is 53.4 Å². The second-order valence-corrected chi connectivity index (χ2v) is 8.84. The number of thiophene rings is 1. The minimum absolute atomic E-state index is 0.0477. The Morgan fingerprint density at radius 1 is 0.800 bits per heavy atom. The third kappa shape index (κ3) is 7.81. The number of hydrogen-bond donors (Lipinski definition) is 2. The maximum Gasteiger partial charge on any atom is 0.249 e. The van der Waals surface area contributed by atoms with Crippen LogP contribution in [0.1, 0.15) is 10.4 Å². The fraction of sp³-hybridized carbons (Fsp3) is 0.143. The molecule has 7 heteroatoms. The number of hydrogen-bond acceptors (Lipinski definition) is 5. The molecule has 3 aromatic carbocycles. The molecule has 0 aliphatic rings. The molecular weight excluding hydrogens is 460 g/mol. The van der Waals surface area contributed by atoms with E-state index in [0.717, 1.165) is 16.2 Å². The Bertz CT molecular complexity index is 1200. The Hall–Kier alpha value is -3.94. The van der Waals surface area contributed by atoms with E-state index < -0.39 is 6.04 Å². The van der Waals surface area contributed by atoms with Gasteiger partial charge in [-0.15, -0.1) is 11.3 Å². The van der Waals surface area contributed by atoms with Crippen LogP contribution in [0.3, 0.4) is 0 Å². The topological polar surface area (TPSA) is 76.7 Å². The van der Waals surface area contributed by atoms with Crippen molar-refractivity contribution in [1.29, 1.82) is 0 Å². The van der Waals surface area contributed by atoms with E-state index in [1.54, 1.807) is 24.3 Å². The molecule has 0 unspecified atom stereocenters. The number of benzene rings is 3. The predicted molar refractivity (Wildman–Crippen MR) is 138 cm³/mol. The van der Waals surface area contributed by atoms with Gasteiger partial charge in [0.1, 0.15) is 17.5 Å². The zero-order chi connectivity index (χ0) is 24.3. The number of ether oxygens (including phenoxy) is 2. The van der Waals surface area contributed by atoms with Crippen molar-refractivity contribution < 1.29 is 19.1 Å². The van der Waals surface area contributed by atoms with Gasteiger partial charge in [0.05, 0.1) is 19.6 Å². The first-order valence-electron chi connectivity index (χ1n) is 11.2. The molecule has 4 rings (SSSR count). The van der Waals surface area contributed by atoms with Crippen LogP contribution in [-0.4, -0.2) is 24.5 Å². The lowest BCUT2D eigenvalue weighted by molar-refractivity contribution is -0.127. The van der Waals surface area contributed by atoms with E-state index in [1.807, 2.05) is 78.2 Å². The Morgan fingerprint density at radius 2 is 1.49 bits per heavy atom. The van der Waals surface area contributed by atoms with Crippen molar-refractivity contribution in [1.82, 2.24) is 5.32 Å². The summed E-state index contributed by atoms with van der Waals surface area (Å²) in [6, 6.07) is 29.2. The first-order chi connectivity index (χ1) is 17.2. The lowest BCUT2D eigenvalue weighted by Crippen LogP contribution is -2.47. The maximum atomic E-state index is 13.0. The van der Waals surface area contributed by atoms with Crippen molar-refractivity contribution in [2.24, 2.45) is 0 Å². The third-order valence-corrected chi connectivity index (χ3v) is 5.94. The van der Waals surface area contributed by atoms with Crippen LogP contribution in [0, 0.1) is 0 Å². The summed E-state index contributed by atoms with van der Waals surface area (Å²) >= 11 is 1.50. The van der Waals surface area contributed by atoms with Crippen LogP contribution < -0.4 is 15.4 Å². The first-order valence-corrected chi connectivity index (χ1v) is 12.1. The summed E-state index contributed by atoms with van der Waals surface area (Å²) in [6.07, 6.45) is 0.214. The smallest absolute Gasteiger partial charge is 0.249 e. The van der Waals surface area contributed by atoms with Gasteiger partial charge in [0.25, 0.3) is 0 Å². The van der Waals surface area contributed by atoms with Crippen LogP contribution in [-0.2, 0) is 27.4 Å². The van der Waals surface area contributed by atoms with Gasteiger partial charge in [0, 0.05) is 10.6 Å². The lowest BCUT2D eigenvalue weighted by Gasteiger charge is -2.19. The Labute approximate surface area is 208 Å². The quantitative estimate of drug-likeness (QED) is 0.297. The number of rotatable bonds is 11. The van der Waals surface area contributed by atoms with E-state index in [0.29, 0.717) is 18.0 Å². The first kappa shape index (κ1) is 24.2. The van der Waals surface area contributed by atoms with Gasteiger partial charge in [0.15, 0.2) is 0 Å². The molecule has 0 aliphatic carbocycles. The molecular formula is C28H26N2O4S. The zero-order valence-corrected chi connectivity index (χ0v) is 19.9. The van der Waals surface area contributed by atoms with Crippen molar-refractivity contribution in [3.63, 3.8) is 0 Å². The largest absolute Gasteiger partial charge is 0.457 e. The molecule has 2 N–H and O–H groups in total. The van der Waals surface area contributed by atoms with Crippen molar-refractivity contribution in [3.8, 4) is 11.5 Å². The molecule has 0 bridgehead atoms. The molecule has 35 heavy (non-hydrogen) atoms. The third-order valence-electron chi connectivity index (χ3n) is 5.06. The number of para-hydroxylation sites is 1. The number of amides is 2. The standard InChI is InChI=1S/C28H26N2O4S/c31-27(18-25-12-7-17-35-25)30-26(20-33-19-21-8-3-1-4-9-21)28(32)29-22-13-15-24(16-14-22)34-23-10-5-2-6-11-23/h1-17,26H,18-20H2,(H,29,32)(H,30,31)/t26-/m0/s1. The summed E-state index contributed by atoms with van der Waals surface area (Å²) in [6.45, 7) is 0.392. The molecule has 2 amide bonds. The number of nitrogens with one attached hydrogen (secondary N) is 2. The molecule has 178 valence electrons. The van der Waals surface area contributed by atoms with Crippen LogP contribution in [0.5, 0.6) is 11.5 Å². The Kier molecular flexibility index (Phi) is 8.64. The monoisotopic (exact) mass is 486 g/mol. The molecule has 0 radical (unpaired) electrons. The van der Waals surface area contributed by atoms with Gasteiger partial charge >= 0.3 is 0 Å². The molecule has 0 saturated heterocycles. The van der Waals surface area contributed by atoms with Crippen LogP contribution >= 0.6 is 11.3 Å². The summed E-state index contributed by atoms with van der Waals surface area (Å²) in [7, 11) is 0. The molecule has 0 fully saturated rings. The Morgan fingerprint density at radius 3 is 2.17 bits per heavy atom. The molecule has 6 nitrogen and oxygen atoms in total. The Balaban J connectivity index is 1.36. The minimum atomic E-state index is -0.841. The van der Waals surface area contributed by atoms with Gasteiger partial charge in [-0.1, -0.05) is 54.6 Å². The summed E-state index contributed by atoms with van der Waals surface area (Å²) in [5.41, 5.74) is 1.58. The summed E-state index contributed by atoms with van der Waals surface area (Å²) in [5, 5.41) is 7.59. The number of carbonyl (C=O) groups excluding carboxylic acids is 2. The van der Waals surface area contributed by atoms with E-state index in [4.69, 9.17) is 9.47 Å². The number of anilines is 1. The van der Waals surface area contributed by atoms with Crippen LogP contribution in [0.25, 0.3) is 0 Å². The highest BCUT2D eigenvalue weighted by atomic mass is 32.1. The molecule has 0 spiro atoms. The number of carbonyl (C=O) groups is 2. The molecule has 0 aliphatic heterocycles. The van der Waals surface area contributed by atoms with Gasteiger partial charge in [-0.25, -0.2) is 0 Å². The van der Waals surface area contributed by atoms with Crippen molar-refractivity contribution in [2.45, 2.75) is 19.1 Å². The summed E-state index contributed by atoms with van der Waals surface area (Å²) in [5.74, 6) is 0.798. The highest BCUT2D eigenvalue weighted by Gasteiger charge is 2.22. The van der Waals surface area contributed by atoms with Gasteiger partial charge < -0.3 is 20.1 Å². The van der Waals surface area contributed by atoms with Crippen molar-refractivity contribution >= 4 is 28.8 Å². The van der Waals surface area contributed by atoms with Crippen LogP contribution in [0.15, 0.2) is 102 Å². The predicted octanol–water partition coefficient (Wildman–Crippen LogP) is 5.42. The van der Waals surface area contributed by atoms with Crippen LogP contribution in [0.2, 0.25) is 0 Å². The average Bonchev–Trinajstić information content (AvgIpc) is 3.39. The van der Waals surface area contributed by atoms with E-state index in [9.17, 15) is 9.59 Å². The van der Waals surface area contributed by atoms with Crippen LogP contribution in [0.4, 0.5) is 5.69 Å². The second kappa shape index (κ2) is 12.5. The van der Waals surface area contributed by atoms with E-state index in [2.05, 4.69) is 10.6 Å². The van der Waals surface area contributed by atoms with E-state index >= 15 is 0 Å². The summed E-state index contributed by atoms with van der Waals surface area (Å²) < 4.78 is 11.6.